The molecule has 1 unspecified atom stereocenters. The van der Waals surface area contributed by atoms with Crippen LogP contribution in [0.2, 0.25) is 0 Å². The van der Waals surface area contributed by atoms with Gasteiger partial charge in [-0.2, -0.15) is 0 Å². The summed E-state index contributed by atoms with van der Waals surface area (Å²) in [4.78, 5) is 17.7. The van der Waals surface area contributed by atoms with Crippen LogP contribution in [0.5, 0.6) is 0 Å². The molecule has 1 aliphatic rings. The Morgan fingerprint density at radius 3 is 3.00 bits per heavy atom. The van der Waals surface area contributed by atoms with E-state index in [0.29, 0.717) is 16.7 Å². The van der Waals surface area contributed by atoms with E-state index in [1.54, 1.807) is 0 Å². The molecule has 0 aliphatic carbocycles. The van der Waals surface area contributed by atoms with E-state index in [1.165, 1.54) is 6.33 Å². The van der Waals surface area contributed by atoms with Crippen LogP contribution in [0.3, 0.4) is 0 Å². The minimum atomic E-state index is -2.97. The molecule has 1 aliphatic heterocycles. The molecule has 0 amide bonds. The number of aromatic nitrogens is 2. The summed E-state index contributed by atoms with van der Waals surface area (Å²) in [6, 6.07) is -0.181. The normalized spacial score (nSPS) is 23.2. The molecule has 0 aromatic carbocycles. The van der Waals surface area contributed by atoms with Crippen LogP contribution < -0.4 is 10.9 Å². The SMILES string of the molecule is O=c1[nH]cnc(NC2CCCS(=O)(=O)C2)c1Br. The van der Waals surface area contributed by atoms with Gasteiger partial charge in [0.25, 0.3) is 5.56 Å². The lowest BCUT2D eigenvalue weighted by molar-refractivity contribution is 0.561. The molecule has 2 N–H and O–H groups in total. The van der Waals surface area contributed by atoms with Crippen molar-refractivity contribution in [2.24, 2.45) is 0 Å². The number of anilines is 1. The summed E-state index contributed by atoms with van der Waals surface area (Å²) in [7, 11) is -2.97. The molecule has 8 heteroatoms. The van der Waals surface area contributed by atoms with Crippen molar-refractivity contribution in [2.75, 3.05) is 16.8 Å². The highest BCUT2D eigenvalue weighted by Gasteiger charge is 2.25. The zero-order chi connectivity index (χ0) is 12.5. The molecule has 0 spiro atoms. The van der Waals surface area contributed by atoms with Gasteiger partial charge in [-0.1, -0.05) is 0 Å². The number of H-pyrrole nitrogens is 1. The third-order valence-corrected chi connectivity index (χ3v) is 5.16. The highest BCUT2D eigenvalue weighted by Crippen LogP contribution is 2.19. The van der Waals surface area contributed by atoms with Gasteiger partial charge in [0.15, 0.2) is 9.84 Å². The predicted molar refractivity (Wildman–Crippen MR) is 67.9 cm³/mol. The first kappa shape index (κ1) is 12.6. The summed E-state index contributed by atoms with van der Waals surface area (Å²) in [6.07, 6.45) is 2.69. The number of aromatic amines is 1. The minimum Gasteiger partial charge on any atom is -0.365 e. The fourth-order valence-corrected chi connectivity index (χ4v) is 3.78. The Morgan fingerprint density at radius 1 is 1.53 bits per heavy atom. The molecule has 1 aromatic heterocycles. The number of hydrogen-bond acceptors (Lipinski definition) is 5. The smallest absolute Gasteiger partial charge is 0.267 e. The van der Waals surface area contributed by atoms with Gasteiger partial charge in [0.05, 0.1) is 17.8 Å². The maximum atomic E-state index is 11.5. The molecule has 17 heavy (non-hydrogen) atoms. The van der Waals surface area contributed by atoms with E-state index in [1.807, 2.05) is 0 Å². The first-order valence-corrected chi connectivity index (χ1v) is 7.79. The molecule has 1 aromatic rings. The fraction of sp³-hybridized carbons (Fsp3) is 0.556. The topological polar surface area (TPSA) is 91.9 Å². The van der Waals surface area contributed by atoms with Crippen molar-refractivity contribution in [1.82, 2.24) is 9.97 Å². The maximum Gasteiger partial charge on any atom is 0.267 e. The summed E-state index contributed by atoms with van der Waals surface area (Å²) < 4.78 is 23.2. The van der Waals surface area contributed by atoms with E-state index in [9.17, 15) is 13.2 Å². The van der Waals surface area contributed by atoms with E-state index in [4.69, 9.17) is 0 Å². The largest absolute Gasteiger partial charge is 0.365 e. The van der Waals surface area contributed by atoms with Crippen LogP contribution in [-0.4, -0.2) is 35.9 Å². The van der Waals surface area contributed by atoms with Gasteiger partial charge in [-0.25, -0.2) is 13.4 Å². The molecule has 0 saturated carbocycles. The molecule has 1 atom stereocenters. The highest BCUT2D eigenvalue weighted by molar-refractivity contribution is 9.10. The second-order valence-electron chi connectivity index (χ2n) is 3.99. The molecule has 94 valence electrons. The quantitative estimate of drug-likeness (QED) is 0.828. The second-order valence-corrected chi connectivity index (χ2v) is 7.01. The third-order valence-electron chi connectivity index (χ3n) is 2.60. The summed E-state index contributed by atoms with van der Waals surface area (Å²) in [6.45, 7) is 0. The molecule has 1 fully saturated rings. The van der Waals surface area contributed by atoms with Gasteiger partial charge in [0.2, 0.25) is 0 Å². The molecule has 2 rings (SSSR count). The lowest BCUT2D eigenvalue weighted by atomic mass is 10.2. The van der Waals surface area contributed by atoms with Gasteiger partial charge in [-0.05, 0) is 28.8 Å². The number of rotatable bonds is 2. The molecule has 0 radical (unpaired) electrons. The first-order valence-electron chi connectivity index (χ1n) is 5.18. The number of halogens is 1. The molecule has 2 heterocycles. The molecule has 6 nitrogen and oxygen atoms in total. The average molecular weight is 322 g/mol. The number of nitrogens with one attached hydrogen (secondary N) is 2. The van der Waals surface area contributed by atoms with Crippen LogP contribution in [-0.2, 0) is 9.84 Å². The molecule has 1 saturated heterocycles. The Morgan fingerprint density at radius 2 is 2.29 bits per heavy atom. The average Bonchev–Trinajstić information content (AvgIpc) is 2.23. The van der Waals surface area contributed by atoms with E-state index >= 15 is 0 Å². The van der Waals surface area contributed by atoms with Gasteiger partial charge in [-0.3, -0.25) is 4.79 Å². The van der Waals surface area contributed by atoms with Crippen LogP contribution in [0.25, 0.3) is 0 Å². The Hall–Kier alpha value is -0.890. The van der Waals surface area contributed by atoms with Crippen LogP contribution in [0, 0.1) is 0 Å². The van der Waals surface area contributed by atoms with Crippen LogP contribution in [0.15, 0.2) is 15.6 Å². The van der Waals surface area contributed by atoms with Gasteiger partial charge in [-0.15, -0.1) is 0 Å². The van der Waals surface area contributed by atoms with Crippen molar-refractivity contribution in [1.29, 1.82) is 0 Å². The number of hydrogen-bond donors (Lipinski definition) is 2. The van der Waals surface area contributed by atoms with Gasteiger partial charge >= 0.3 is 0 Å². The van der Waals surface area contributed by atoms with Gasteiger partial charge in [0, 0.05) is 6.04 Å². The Kier molecular flexibility index (Phi) is 3.53. The minimum absolute atomic E-state index is 0.0912. The molecule has 0 bridgehead atoms. The number of nitrogens with zero attached hydrogens (tertiary/aromatic N) is 1. The third kappa shape index (κ3) is 3.06. The lowest BCUT2D eigenvalue weighted by Crippen LogP contribution is -2.35. The summed E-state index contributed by atoms with van der Waals surface area (Å²) in [5, 5.41) is 2.99. The fourth-order valence-electron chi connectivity index (χ4n) is 1.81. The van der Waals surface area contributed by atoms with Crippen molar-refractivity contribution in [3.63, 3.8) is 0 Å². The standard InChI is InChI=1S/C9H12BrN3O3S/c10-7-8(11-5-12-9(7)14)13-6-2-1-3-17(15,16)4-6/h5-6H,1-4H2,(H2,11,12,13,14). The lowest BCUT2D eigenvalue weighted by Gasteiger charge is -2.23. The zero-order valence-corrected chi connectivity index (χ0v) is 11.3. The molecular weight excluding hydrogens is 310 g/mol. The Labute approximate surface area is 107 Å². The van der Waals surface area contributed by atoms with Crippen LogP contribution >= 0.6 is 15.9 Å². The highest BCUT2D eigenvalue weighted by atomic mass is 79.9. The van der Waals surface area contributed by atoms with Crippen molar-refractivity contribution in [3.05, 3.63) is 21.2 Å². The van der Waals surface area contributed by atoms with Crippen LogP contribution in [0.1, 0.15) is 12.8 Å². The van der Waals surface area contributed by atoms with Gasteiger partial charge < -0.3 is 10.3 Å². The molecular formula is C9H12BrN3O3S. The maximum absolute atomic E-state index is 11.5. The number of sulfone groups is 1. The van der Waals surface area contributed by atoms with Crippen molar-refractivity contribution in [3.8, 4) is 0 Å². The summed E-state index contributed by atoms with van der Waals surface area (Å²) >= 11 is 3.12. The van der Waals surface area contributed by atoms with E-state index in [2.05, 4.69) is 31.2 Å². The summed E-state index contributed by atoms with van der Waals surface area (Å²) in [5.41, 5.74) is -0.291. The predicted octanol–water partition coefficient (Wildman–Crippen LogP) is 0.522. The monoisotopic (exact) mass is 321 g/mol. The summed E-state index contributed by atoms with van der Waals surface area (Å²) in [5.74, 6) is 0.721. The van der Waals surface area contributed by atoms with Crippen LogP contribution in [0.4, 0.5) is 5.82 Å². The zero-order valence-electron chi connectivity index (χ0n) is 8.94. The Bertz CT molecular complexity index is 569. The van der Waals surface area contributed by atoms with E-state index in [0.717, 1.165) is 6.42 Å². The second kappa shape index (κ2) is 4.77. The van der Waals surface area contributed by atoms with E-state index in [-0.39, 0.29) is 23.1 Å². The van der Waals surface area contributed by atoms with Crippen molar-refractivity contribution >= 4 is 31.6 Å². The first-order chi connectivity index (χ1) is 7.98. The van der Waals surface area contributed by atoms with Gasteiger partial charge in [0.1, 0.15) is 10.3 Å². The van der Waals surface area contributed by atoms with E-state index < -0.39 is 9.84 Å². The van der Waals surface area contributed by atoms with Crippen molar-refractivity contribution < 1.29 is 8.42 Å². The van der Waals surface area contributed by atoms with Crippen molar-refractivity contribution in [2.45, 2.75) is 18.9 Å². The Balaban J connectivity index is 2.16.